The number of hydrogen-bond donors (Lipinski definition) is 2. The molecule has 0 spiro atoms. The van der Waals surface area contributed by atoms with Gasteiger partial charge in [0.15, 0.2) is 29.0 Å². The number of nitrogens with zero attached hydrogens (tertiary/aromatic N) is 6. The molecule has 5 heterocycles. The largest absolute Gasteiger partial charge is 0.490 e. The normalized spacial score (nSPS) is 12.2. The SMILES string of the molecule is CC(C)COc1c(Cl)c(Cl)c2c(c1Cl)-c1nc-2nc2[nH]c(nc3nc(nc4[nH]c(n1)c1c(Cl)c(Cl)c(Cl)c(Cl)c41)-c1c(Cl)c(Cl)c(Cl)c(Cl)c1-3)c1ccccc21. The molecule has 2 aliphatic heterocycles. The fourth-order valence-electron chi connectivity index (χ4n) is 6.46. The van der Waals surface area contributed by atoms with Gasteiger partial charge in [-0.2, -0.15) is 0 Å². The molecule has 0 unspecified atom stereocenters. The van der Waals surface area contributed by atoms with Gasteiger partial charge in [-0.3, -0.25) is 0 Å². The van der Waals surface area contributed by atoms with Crippen molar-refractivity contribution >= 4 is 172 Å². The minimum Gasteiger partial charge on any atom is -0.490 e. The van der Waals surface area contributed by atoms with Crippen LogP contribution < -0.4 is 4.74 Å². The summed E-state index contributed by atoms with van der Waals surface area (Å²) in [6.45, 7) is 4.25. The van der Waals surface area contributed by atoms with Crippen LogP contribution in [-0.4, -0.2) is 46.5 Å². The number of halogens is 11. The summed E-state index contributed by atoms with van der Waals surface area (Å²) >= 11 is 74.9. The zero-order valence-corrected chi connectivity index (χ0v) is 36.2. The third-order valence-corrected chi connectivity index (χ3v) is 13.7. The Morgan fingerprint density at radius 1 is 0.446 bits per heavy atom. The highest BCUT2D eigenvalue weighted by Crippen LogP contribution is 2.54. The molecule has 0 saturated heterocycles. The first kappa shape index (κ1) is 38.7. The van der Waals surface area contributed by atoms with E-state index >= 15 is 0 Å². The Morgan fingerprint density at radius 3 is 1.23 bits per heavy atom. The van der Waals surface area contributed by atoms with Crippen molar-refractivity contribution in [2.75, 3.05) is 6.61 Å². The maximum Gasteiger partial charge on any atom is 0.166 e. The number of aromatic amines is 2. The lowest BCUT2D eigenvalue weighted by Crippen LogP contribution is -2.06. The van der Waals surface area contributed by atoms with Crippen LogP contribution in [-0.2, 0) is 0 Å². The van der Waals surface area contributed by atoms with E-state index in [4.69, 9.17) is 162 Å². The standard InChI is InChI=1S/C36H15Cl11N8O/c1-8(2)7-56-28-22(42)16-15(21(41)27(28)47)32-50-30-10-6-4-3-5-9(10)29(48-30)49-31-11-12(18(38)24(44)23(43)17(11)37)33(51-31)53-34-13-14(35(54-34)55-36(16)52-32)20(40)26(46)25(45)19(13)39/h3-6,8H,7H2,1-2H3,(H2,48,49,50,51,52,53,54,55). The van der Waals surface area contributed by atoms with Crippen molar-refractivity contribution in [1.29, 1.82) is 0 Å². The zero-order valence-electron chi connectivity index (χ0n) is 27.8. The van der Waals surface area contributed by atoms with Crippen LogP contribution in [0.5, 0.6) is 5.75 Å². The third-order valence-electron chi connectivity index (χ3n) is 8.95. The molecule has 0 fully saturated rings. The Kier molecular flexibility index (Phi) is 9.83. The van der Waals surface area contributed by atoms with Crippen LogP contribution in [0.25, 0.3) is 89.7 Å². The van der Waals surface area contributed by atoms with Crippen molar-refractivity contribution in [3.05, 3.63) is 79.5 Å². The lowest BCUT2D eigenvalue weighted by Gasteiger charge is -2.16. The van der Waals surface area contributed by atoms with Gasteiger partial charge in [0.1, 0.15) is 27.6 Å². The topological polar surface area (TPSA) is 118 Å². The molecule has 20 heteroatoms. The van der Waals surface area contributed by atoms with Gasteiger partial charge < -0.3 is 14.7 Å². The molecule has 4 aromatic carbocycles. The molecule has 2 aliphatic rings. The molecule has 282 valence electrons. The van der Waals surface area contributed by atoms with E-state index in [-0.39, 0.29) is 136 Å². The van der Waals surface area contributed by atoms with E-state index in [9.17, 15) is 0 Å². The van der Waals surface area contributed by atoms with Crippen LogP contribution in [0.4, 0.5) is 0 Å². The number of hydrogen-bond acceptors (Lipinski definition) is 7. The number of benzene rings is 4. The smallest absolute Gasteiger partial charge is 0.166 e. The first-order valence-corrected chi connectivity index (χ1v) is 20.3. The molecule has 0 atom stereocenters. The molecule has 0 radical (unpaired) electrons. The summed E-state index contributed by atoms with van der Waals surface area (Å²) in [5.41, 5.74) is 2.02. The maximum atomic E-state index is 7.13. The zero-order chi connectivity index (χ0) is 39.6. The number of H-pyrrole nitrogens is 2. The van der Waals surface area contributed by atoms with Crippen LogP contribution in [0, 0.1) is 5.92 Å². The molecule has 2 N–H and O–H groups in total. The highest BCUT2D eigenvalue weighted by Gasteiger charge is 2.33. The number of ether oxygens (including phenoxy) is 1. The minimum atomic E-state index is -0.0331. The Morgan fingerprint density at radius 2 is 0.804 bits per heavy atom. The van der Waals surface area contributed by atoms with Crippen molar-refractivity contribution in [3.63, 3.8) is 0 Å². The summed E-state index contributed by atoms with van der Waals surface area (Å²) in [5.74, 6) is 0.612. The van der Waals surface area contributed by atoms with Crippen molar-refractivity contribution in [2.24, 2.45) is 5.92 Å². The average molecular weight is 966 g/mol. The van der Waals surface area contributed by atoms with E-state index in [1.807, 2.05) is 38.1 Å². The van der Waals surface area contributed by atoms with Crippen LogP contribution in [0.1, 0.15) is 13.8 Å². The minimum absolute atomic E-state index is 0.00138. The summed E-state index contributed by atoms with van der Waals surface area (Å²) in [4.78, 5) is 35.8. The summed E-state index contributed by atoms with van der Waals surface area (Å²) < 4.78 is 6.08. The van der Waals surface area contributed by atoms with E-state index in [2.05, 4.69) is 9.97 Å². The molecule has 9 nitrogen and oxygen atoms in total. The van der Waals surface area contributed by atoms with E-state index in [0.717, 1.165) is 0 Å². The van der Waals surface area contributed by atoms with Gasteiger partial charge >= 0.3 is 0 Å². The molecular weight excluding hydrogens is 950 g/mol. The number of nitrogens with one attached hydrogen (secondary N) is 2. The Balaban J connectivity index is 1.53. The first-order valence-electron chi connectivity index (χ1n) is 16.1. The molecule has 7 aromatic rings. The Bertz CT molecular complexity index is 3110. The maximum absolute atomic E-state index is 7.13. The van der Waals surface area contributed by atoms with Crippen molar-refractivity contribution in [3.8, 4) is 51.3 Å². The molecule has 0 amide bonds. The fraction of sp³-hybridized carbons (Fsp3) is 0.111. The molecule has 0 saturated carbocycles. The highest BCUT2D eigenvalue weighted by molar-refractivity contribution is 6.57. The average Bonchev–Trinajstić information content (AvgIpc) is 3.91. The monoisotopic (exact) mass is 960 g/mol. The summed E-state index contributed by atoms with van der Waals surface area (Å²) in [6.07, 6.45) is 0. The van der Waals surface area contributed by atoms with Crippen LogP contribution in [0.2, 0.25) is 55.2 Å². The van der Waals surface area contributed by atoms with E-state index in [0.29, 0.717) is 27.6 Å². The quantitative estimate of drug-likeness (QED) is 0.134. The Hall–Kier alpha value is -2.77. The molecule has 9 rings (SSSR count). The third kappa shape index (κ3) is 5.80. The summed E-state index contributed by atoms with van der Waals surface area (Å²) in [6, 6.07) is 7.42. The molecule has 0 aliphatic carbocycles. The van der Waals surface area contributed by atoms with E-state index in [1.165, 1.54) is 0 Å². The van der Waals surface area contributed by atoms with Crippen LogP contribution >= 0.6 is 128 Å². The van der Waals surface area contributed by atoms with Gasteiger partial charge in [0.25, 0.3) is 0 Å². The summed E-state index contributed by atoms with van der Waals surface area (Å²) in [5, 5.41) is 2.08. The number of rotatable bonds is 3. The van der Waals surface area contributed by atoms with Gasteiger partial charge in [-0.05, 0) is 5.92 Å². The molecular formula is C36H15Cl11N8O. The van der Waals surface area contributed by atoms with Crippen LogP contribution in [0.15, 0.2) is 24.3 Å². The van der Waals surface area contributed by atoms with Gasteiger partial charge in [0, 0.05) is 10.8 Å². The second-order valence-corrected chi connectivity index (χ2v) is 17.1. The van der Waals surface area contributed by atoms with Gasteiger partial charge in [-0.1, -0.05) is 166 Å². The lowest BCUT2D eigenvalue weighted by atomic mass is 10.1. The summed E-state index contributed by atoms with van der Waals surface area (Å²) in [7, 11) is 0. The predicted octanol–water partition coefficient (Wildman–Crippen LogP) is 15.1. The molecule has 56 heavy (non-hydrogen) atoms. The molecule has 8 bridgehead atoms. The first-order chi connectivity index (χ1) is 26.7. The van der Waals surface area contributed by atoms with Gasteiger partial charge in [0.2, 0.25) is 0 Å². The van der Waals surface area contributed by atoms with Crippen LogP contribution in [0.3, 0.4) is 0 Å². The van der Waals surface area contributed by atoms with E-state index < -0.39 is 0 Å². The van der Waals surface area contributed by atoms with Crippen molar-refractivity contribution in [2.45, 2.75) is 13.8 Å². The van der Waals surface area contributed by atoms with E-state index in [1.54, 1.807) is 0 Å². The highest BCUT2D eigenvalue weighted by atomic mass is 35.5. The van der Waals surface area contributed by atoms with Gasteiger partial charge in [0.05, 0.1) is 89.9 Å². The van der Waals surface area contributed by atoms with Crippen molar-refractivity contribution < 1.29 is 4.74 Å². The number of fused-ring (bicyclic) bond motifs is 20. The lowest BCUT2D eigenvalue weighted by molar-refractivity contribution is 0.271. The Labute approximate surface area is 370 Å². The number of aromatic nitrogens is 8. The fourth-order valence-corrected chi connectivity index (χ4v) is 9.40. The van der Waals surface area contributed by atoms with Gasteiger partial charge in [-0.25, -0.2) is 29.9 Å². The second-order valence-electron chi connectivity index (χ2n) is 12.9. The van der Waals surface area contributed by atoms with Crippen molar-refractivity contribution in [1.82, 2.24) is 39.9 Å². The molecule has 3 aromatic heterocycles. The van der Waals surface area contributed by atoms with Gasteiger partial charge in [-0.15, -0.1) is 0 Å². The predicted molar refractivity (Wildman–Crippen MR) is 231 cm³/mol. The second kappa shape index (κ2) is 14.2.